The molecule has 0 aliphatic heterocycles. The van der Waals surface area contributed by atoms with Gasteiger partial charge in [0, 0.05) is 19.6 Å². The van der Waals surface area contributed by atoms with Crippen molar-refractivity contribution in [2.24, 2.45) is 5.92 Å². The molecule has 3 heteroatoms. The van der Waals surface area contributed by atoms with Crippen LogP contribution in [0.5, 0.6) is 0 Å². The molecular formula is C16H25N3. The first-order valence-electron chi connectivity index (χ1n) is 6.90. The fraction of sp³-hybridized carbons (Fsp3) is 0.562. The Morgan fingerprint density at radius 1 is 1.32 bits per heavy atom. The normalized spacial score (nSPS) is 12.3. The quantitative estimate of drug-likeness (QED) is 0.853. The predicted molar refractivity (Wildman–Crippen MR) is 81.2 cm³/mol. The molecule has 0 amide bonds. The monoisotopic (exact) mass is 259 g/mol. The van der Waals surface area contributed by atoms with Crippen LogP contribution in [0.3, 0.4) is 0 Å². The highest BCUT2D eigenvalue weighted by atomic mass is 15.1. The first-order valence-corrected chi connectivity index (χ1v) is 6.90. The molecule has 0 fully saturated rings. The zero-order valence-electron chi connectivity index (χ0n) is 12.7. The van der Waals surface area contributed by atoms with Gasteiger partial charge in [-0.3, -0.25) is 0 Å². The summed E-state index contributed by atoms with van der Waals surface area (Å²) in [5.74, 6) is 0.659. The number of hydrogen-bond donors (Lipinski definition) is 1. The van der Waals surface area contributed by atoms with Crippen LogP contribution < -0.4 is 10.2 Å². The highest BCUT2D eigenvalue weighted by Gasteiger charge is 2.15. The summed E-state index contributed by atoms with van der Waals surface area (Å²) in [6.45, 7) is 7.46. The molecule has 19 heavy (non-hydrogen) atoms. The molecule has 104 valence electrons. The second kappa shape index (κ2) is 7.16. The Labute approximate surface area is 117 Å². The molecule has 0 aliphatic carbocycles. The topological polar surface area (TPSA) is 39.1 Å². The maximum Gasteiger partial charge on any atom is 0.101 e. The van der Waals surface area contributed by atoms with Gasteiger partial charge < -0.3 is 10.2 Å². The van der Waals surface area contributed by atoms with Crippen molar-refractivity contribution in [3.8, 4) is 6.07 Å². The Bertz CT molecular complexity index is 446. The molecule has 1 N–H and O–H groups in total. The van der Waals surface area contributed by atoms with Gasteiger partial charge in [-0.2, -0.15) is 5.26 Å². The summed E-state index contributed by atoms with van der Waals surface area (Å²) >= 11 is 0. The number of nitrogens with zero attached hydrogens (tertiary/aromatic N) is 2. The minimum atomic E-state index is 0.433. The lowest BCUT2D eigenvalue weighted by atomic mass is 10.0. The Morgan fingerprint density at radius 3 is 2.53 bits per heavy atom. The van der Waals surface area contributed by atoms with E-state index in [1.54, 1.807) is 0 Å². The number of nitrogens with one attached hydrogen (secondary N) is 1. The third kappa shape index (κ3) is 4.25. The van der Waals surface area contributed by atoms with Gasteiger partial charge in [-0.25, -0.2) is 0 Å². The lowest BCUT2D eigenvalue weighted by molar-refractivity contribution is 0.504. The van der Waals surface area contributed by atoms with Crippen LogP contribution in [0.1, 0.15) is 38.3 Å². The lowest BCUT2D eigenvalue weighted by Gasteiger charge is -2.29. The molecule has 0 aliphatic rings. The van der Waals surface area contributed by atoms with E-state index in [9.17, 15) is 5.26 Å². The fourth-order valence-corrected chi connectivity index (χ4v) is 2.37. The highest BCUT2D eigenvalue weighted by Crippen LogP contribution is 2.24. The van der Waals surface area contributed by atoms with E-state index in [1.165, 1.54) is 0 Å². The number of hydrogen-bond acceptors (Lipinski definition) is 3. The standard InChI is InChI=1S/C16H25N3/c1-12(2)8-13(3)19(5)16-7-6-14(11-18-4)9-15(16)10-17/h6-7,9,12-13,18H,8,11H2,1-5H3. The summed E-state index contributed by atoms with van der Waals surface area (Å²) in [6, 6.07) is 8.87. The zero-order chi connectivity index (χ0) is 14.4. The van der Waals surface area contributed by atoms with E-state index in [4.69, 9.17) is 0 Å². The van der Waals surface area contributed by atoms with Crippen molar-refractivity contribution in [3.05, 3.63) is 29.3 Å². The van der Waals surface area contributed by atoms with E-state index >= 15 is 0 Å². The third-order valence-electron chi connectivity index (χ3n) is 3.42. The number of nitriles is 1. The van der Waals surface area contributed by atoms with E-state index in [1.807, 2.05) is 13.1 Å². The van der Waals surface area contributed by atoms with Crippen LogP contribution in [0, 0.1) is 17.2 Å². The van der Waals surface area contributed by atoms with Crippen molar-refractivity contribution in [2.75, 3.05) is 19.0 Å². The maximum atomic E-state index is 9.33. The number of benzene rings is 1. The molecule has 0 saturated heterocycles. The second-order valence-corrected chi connectivity index (χ2v) is 5.58. The van der Waals surface area contributed by atoms with Crippen LogP contribution in [-0.4, -0.2) is 20.1 Å². The van der Waals surface area contributed by atoms with Gasteiger partial charge in [0.05, 0.1) is 11.3 Å². The second-order valence-electron chi connectivity index (χ2n) is 5.58. The SMILES string of the molecule is CNCc1ccc(N(C)C(C)CC(C)C)c(C#N)c1. The van der Waals surface area contributed by atoms with Crippen LogP contribution in [0.15, 0.2) is 18.2 Å². The lowest BCUT2D eigenvalue weighted by Crippen LogP contribution is -2.30. The molecule has 0 spiro atoms. The Balaban J connectivity index is 2.96. The van der Waals surface area contributed by atoms with Crippen LogP contribution in [0.2, 0.25) is 0 Å². The van der Waals surface area contributed by atoms with Gasteiger partial charge in [0.25, 0.3) is 0 Å². The van der Waals surface area contributed by atoms with Gasteiger partial charge in [-0.15, -0.1) is 0 Å². The molecule has 0 saturated carbocycles. The molecule has 0 heterocycles. The maximum absolute atomic E-state index is 9.33. The molecule has 0 radical (unpaired) electrons. The first-order chi connectivity index (χ1) is 8.99. The molecule has 1 aromatic rings. The highest BCUT2D eigenvalue weighted by molar-refractivity contribution is 5.60. The molecular weight excluding hydrogens is 234 g/mol. The van der Waals surface area contributed by atoms with Crippen LogP contribution in [-0.2, 0) is 6.54 Å². The summed E-state index contributed by atoms with van der Waals surface area (Å²) in [4.78, 5) is 2.21. The largest absolute Gasteiger partial charge is 0.371 e. The van der Waals surface area contributed by atoms with E-state index < -0.39 is 0 Å². The number of anilines is 1. The third-order valence-corrected chi connectivity index (χ3v) is 3.42. The van der Waals surface area contributed by atoms with Crippen molar-refractivity contribution in [2.45, 2.75) is 39.8 Å². The van der Waals surface area contributed by atoms with Gasteiger partial charge in [0.1, 0.15) is 6.07 Å². The van der Waals surface area contributed by atoms with Crippen molar-refractivity contribution >= 4 is 5.69 Å². The summed E-state index contributed by atoms with van der Waals surface area (Å²) < 4.78 is 0. The average molecular weight is 259 g/mol. The minimum Gasteiger partial charge on any atom is -0.371 e. The van der Waals surface area contributed by atoms with Gasteiger partial charge in [0.15, 0.2) is 0 Å². The minimum absolute atomic E-state index is 0.433. The summed E-state index contributed by atoms with van der Waals surface area (Å²) in [5.41, 5.74) is 2.93. The van der Waals surface area contributed by atoms with Crippen molar-refractivity contribution in [3.63, 3.8) is 0 Å². The molecule has 3 nitrogen and oxygen atoms in total. The summed E-state index contributed by atoms with van der Waals surface area (Å²) in [7, 11) is 3.98. The Kier molecular flexibility index (Phi) is 5.85. The van der Waals surface area contributed by atoms with Gasteiger partial charge >= 0.3 is 0 Å². The van der Waals surface area contributed by atoms with Crippen molar-refractivity contribution < 1.29 is 0 Å². The van der Waals surface area contributed by atoms with Gasteiger partial charge in [-0.05, 0) is 44.0 Å². The average Bonchev–Trinajstić information content (AvgIpc) is 2.37. The molecule has 1 rings (SSSR count). The van der Waals surface area contributed by atoms with Gasteiger partial charge in [0.2, 0.25) is 0 Å². The zero-order valence-corrected chi connectivity index (χ0v) is 12.7. The van der Waals surface area contributed by atoms with E-state index in [0.717, 1.165) is 29.8 Å². The van der Waals surface area contributed by atoms with E-state index in [0.29, 0.717) is 12.0 Å². The summed E-state index contributed by atoms with van der Waals surface area (Å²) in [5, 5.41) is 12.4. The van der Waals surface area contributed by atoms with Crippen LogP contribution in [0.25, 0.3) is 0 Å². The smallest absolute Gasteiger partial charge is 0.101 e. The predicted octanol–water partition coefficient (Wildman–Crippen LogP) is 3.15. The van der Waals surface area contributed by atoms with Crippen LogP contribution >= 0.6 is 0 Å². The molecule has 1 unspecified atom stereocenters. The Morgan fingerprint density at radius 2 is 2.00 bits per heavy atom. The van der Waals surface area contributed by atoms with Gasteiger partial charge in [-0.1, -0.05) is 19.9 Å². The van der Waals surface area contributed by atoms with Crippen molar-refractivity contribution in [1.29, 1.82) is 5.26 Å². The van der Waals surface area contributed by atoms with Crippen LogP contribution in [0.4, 0.5) is 5.69 Å². The molecule has 0 bridgehead atoms. The summed E-state index contributed by atoms with van der Waals surface area (Å²) in [6.07, 6.45) is 1.12. The Hall–Kier alpha value is -1.53. The molecule has 1 atom stereocenters. The fourth-order valence-electron chi connectivity index (χ4n) is 2.37. The van der Waals surface area contributed by atoms with E-state index in [-0.39, 0.29) is 0 Å². The molecule has 0 aromatic heterocycles. The van der Waals surface area contributed by atoms with E-state index in [2.05, 4.69) is 56.2 Å². The molecule has 1 aromatic carbocycles. The van der Waals surface area contributed by atoms with Crippen molar-refractivity contribution in [1.82, 2.24) is 5.32 Å². The first kappa shape index (κ1) is 15.5. The number of rotatable bonds is 6.